The molecule has 0 aliphatic heterocycles. The quantitative estimate of drug-likeness (QED) is 0.592. The molecule has 7 heteroatoms. The minimum absolute atomic E-state index is 0.218. The molecule has 142 valence electrons. The van der Waals surface area contributed by atoms with Gasteiger partial charge in [0, 0.05) is 5.02 Å². The molecule has 3 rings (SSSR count). The lowest BCUT2D eigenvalue weighted by Crippen LogP contribution is -1.99. The van der Waals surface area contributed by atoms with Gasteiger partial charge < -0.3 is 18.7 Å². The van der Waals surface area contributed by atoms with Crippen LogP contribution in [0.15, 0.2) is 34.9 Å². The van der Waals surface area contributed by atoms with Gasteiger partial charge in [0.05, 0.1) is 20.6 Å². The first-order valence-corrected chi connectivity index (χ1v) is 8.80. The molecule has 6 nitrogen and oxygen atoms in total. The van der Waals surface area contributed by atoms with Crippen LogP contribution in [0.4, 0.5) is 0 Å². The van der Waals surface area contributed by atoms with E-state index in [9.17, 15) is 0 Å². The summed E-state index contributed by atoms with van der Waals surface area (Å²) in [5.74, 6) is 3.04. The topological polar surface area (TPSA) is 66.6 Å². The summed E-state index contributed by atoms with van der Waals surface area (Å²) in [6, 6.07) is 9.44. The zero-order valence-electron chi connectivity index (χ0n) is 15.7. The van der Waals surface area contributed by atoms with Crippen molar-refractivity contribution in [2.75, 3.05) is 14.2 Å². The first-order chi connectivity index (χ1) is 13.0. The number of hydrogen-bond acceptors (Lipinski definition) is 6. The summed E-state index contributed by atoms with van der Waals surface area (Å²) in [6.07, 6.45) is 0.493. The number of hydrogen-bond donors (Lipinski definition) is 0. The van der Waals surface area contributed by atoms with Gasteiger partial charge in [-0.05, 0) is 54.8 Å². The van der Waals surface area contributed by atoms with E-state index in [-0.39, 0.29) is 6.61 Å². The number of methoxy groups -OCH3 is 2. The van der Waals surface area contributed by atoms with Crippen molar-refractivity contribution in [2.45, 2.75) is 26.9 Å². The summed E-state index contributed by atoms with van der Waals surface area (Å²) in [5, 5.41) is 4.72. The van der Waals surface area contributed by atoms with Crippen molar-refractivity contribution < 1.29 is 18.7 Å². The molecule has 0 atom stereocenters. The van der Waals surface area contributed by atoms with Gasteiger partial charge in [-0.15, -0.1) is 0 Å². The second kappa shape index (κ2) is 8.31. The van der Waals surface area contributed by atoms with E-state index in [1.807, 2.05) is 44.2 Å². The summed E-state index contributed by atoms with van der Waals surface area (Å²) in [7, 11) is 3.20. The van der Waals surface area contributed by atoms with Crippen LogP contribution in [0, 0.1) is 13.8 Å². The Bertz CT molecular complexity index is 916. The summed E-state index contributed by atoms with van der Waals surface area (Å²) >= 11 is 6.18. The number of aryl methyl sites for hydroxylation is 2. The summed E-state index contributed by atoms with van der Waals surface area (Å²) in [4.78, 5) is 4.38. The minimum atomic E-state index is 0.218. The molecule has 27 heavy (non-hydrogen) atoms. The molecule has 0 fully saturated rings. The molecule has 3 aromatic rings. The second-order valence-corrected chi connectivity index (χ2v) is 6.51. The third-order valence-electron chi connectivity index (χ3n) is 4.09. The normalized spacial score (nSPS) is 10.7. The average molecular weight is 389 g/mol. The fraction of sp³-hybridized carbons (Fsp3) is 0.300. The zero-order chi connectivity index (χ0) is 19.4. The first-order valence-electron chi connectivity index (χ1n) is 8.42. The van der Waals surface area contributed by atoms with Crippen molar-refractivity contribution >= 4 is 11.6 Å². The lowest BCUT2D eigenvalue weighted by atomic mass is 10.1. The van der Waals surface area contributed by atoms with E-state index in [0.717, 1.165) is 27.5 Å². The molecule has 2 aromatic carbocycles. The minimum Gasteiger partial charge on any atom is -0.493 e. The molecule has 1 aromatic heterocycles. The van der Waals surface area contributed by atoms with Gasteiger partial charge >= 0.3 is 0 Å². The number of halogens is 1. The van der Waals surface area contributed by atoms with Crippen molar-refractivity contribution in [1.82, 2.24) is 10.1 Å². The molecule has 0 bridgehead atoms. The van der Waals surface area contributed by atoms with Crippen LogP contribution in [0.25, 0.3) is 0 Å². The highest BCUT2D eigenvalue weighted by Crippen LogP contribution is 2.28. The van der Waals surface area contributed by atoms with Gasteiger partial charge in [-0.25, -0.2) is 0 Å². The van der Waals surface area contributed by atoms with Crippen molar-refractivity contribution in [3.8, 4) is 17.2 Å². The predicted octanol–water partition coefficient (Wildman–Crippen LogP) is 4.53. The van der Waals surface area contributed by atoms with Crippen LogP contribution in [0.2, 0.25) is 5.02 Å². The van der Waals surface area contributed by atoms with Crippen molar-refractivity contribution in [3.63, 3.8) is 0 Å². The highest BCUT2D eigenvalue weighted by Gasteiger charge is 2.11. The van der Waals surface area contributed by atoms with Crippen LogP contribution in [0.5, 0.6) is 17.2 Å². The summed E-state index contributed by atoms with van der Waals surface area (Å²) in [5.41, 5.74) is 2.91. The highest BCUT2D eigenvalue weighted by molar-refractivity contribution is 6.32. The summed E-state index contributed by atoms with van der Waals surface area (Å²) < 4.78 is 21.6. The smallest absolute Gasteiger partial charge is 0.231 e. The zero-order valence-corrected chi connectivity index (χ0v) is 16.5. The standard InChI is InChI=1S/C20H21ClN2O4/c1-12-7-15(8-13(2)20(12)21)26-11-18-22-19(27-23-18)10-14-5-6-16(24-3)17(9-14)25-4/h5-9H,10-11H2,1-4H3. The fourth-order valence-electron chi connectivity index (χ4n) is 2.72. The Morgan fingerprint density at radius 1 is 1.00 bits per heavy atom. The van der Waals surface area contributed by atoms with Crippen LogP contribution in [-0.2, 0) is 13.0 Å². The van der Waals surface area contributed by atoms with Crippen LogP contribution in [0.3, 0.4) is 0 Å². The molecule has 0 amide bonds. The van der Waals surface area contributed by atoms with Crippen LogP contribution < -0.4 is 14.2 Å². The van der Waals surface area contributed by atoms with Gasteiger partial charge in [-0.1, -0.05) is 22.8 Å². The number of rotatable bonds is 7. The number of nitrogens with zero attached hydrogens (tertiary/aromatic N) is 2. The number of benzene rings is 2. The van der Waals surface area contributed by atoms with Crippen molar-refractivity contribution in [2.24, 2.45) is 0 Å². The Morgan fingerprint density at radius 3 is 2.37 bits per heavy atom. The maximum Gasteiger partial charge on any atom is 0.231 e. The van der Waals surface area contributed by atoms with Gasteiger partial charge in [0.2, 0.25) is 11.7 Å². The van der Waals surface area contributed by atoms with Gasteiger partial charge in [0.15, 0.2) is 18.1 Å². The largest absolute Gasteiger partial charge is 0.493 e. The Balaban J connectivity index is 1.65. The maximum atomic E-state index is 6.18. The van der Waals surface area contributed by atoms with Crippen molar-refractivity contribution in [1.29, 1.82) is 0 Å². The summed E-state index contributed by atoms with van der Waals surface area (Å²) in [6.45, 7) is 4.10. The molecular weight excluding hydrogens is 368 g/mol. The molecule has 0 saturated heterocycles. The van der Waals surface area contributed by atoms with Gasteiger partial charge in [-0.3, -0.25) is 0 Å². The van der Waals surface area contributed by atoms with Gasteiger partial charge in [-0.2, -0.15) is 4.98 Å². The monoisotopic (exact) mass is 388 g/mol. The molecule has 0 aliphatic carbocycles. The van der Waals surface area contributed by atoms with E-state index >= 15 is 0 Å². The Morgan fingerprint density at radius 2 is 1.70 bits per heavy atom. The SMILES string of the molecule is COc1ccc(Cc2nc(COc3cc(C)c(Cl)c(C)c3)no2)cc1OC. The molecule has 0 radical (unpaired) electrons. The molecule has 0 saturated carbocycles. The molecule has 0 spiro atoms. The van der Waals surface area contributed by atoms with E-state index in [4.69, 9.17) is 30.3 Å². The lowest BCUT2D eigenvalue weighted by Gasteiger charge is -2.08. The van der Waals surface area contributed by atoms with Crippen LogP contribution in [-0.4, -0.2) is 24.4 Å². The third-order valence-corrected chi connectivity index (χ3v) is 4.69. The first kappa shape index (κ1) is 19.0. The van der Waals surface area contributed by atoms with E-state index in [1.165, 1.54) is 0 Å². The Hall–Kier alpha value is -2.73. The predicted molar refractivity (Wildman–Crippen MR) is 102 cm³/mol. The van der Waals surface area contributed by atoms with E-state index in [0.29, 0.717) is 29.6 Å². The average Bonchev–Trinajstić information content (AvgIpc) is 3.11. The molecule has 0 N–H and O–H groups in total. The van der Waals surface area contributed by atoms with E-state index < -0.39 is 0 Å². The van der Waals surface area contributed by atoms with Gasteiger partial charge in [0.1, 0.15) is 5.75 Å². The Kier molecular flexibility index (Phi) is 5.86. The van der Waals surface area contributed by atoms with Crippen LogP contribution >= 0.6 is 11.6 Å². The number of aromatic nitrogens is 2. The van der Waals surface area contributed by atoms with Crippen molar-refractivity contribution in [3.05, 3.63) is 63.8 Å². The Labute approximate surface area is 163 Å². The second-order valence-electron chi connectivity index (χ2n) is 6.13. The number of ether oxygens (including phenoxy) is 3. The molecule has 1 heterocycles. The highest BCUT2D eigenvalue weighted by atomic mass is 35.5. The molecular formula is C20H21ClN2O4. The third kappa shape index (κ3) is 4.52. The lowest BCUT2D eigenvalue weighted by molar-refractivity contribution is 0.285. The van der Waals surface area contributed by atoms with E-state index in [2.05, 4.69) is 10.1 Å². The van der Waals surface area contributed by atoms with E-state index in [1.54, 1.807) is 14.2 Å². The van der Waals surface area contributed by atoms with Gasteiger partial charge in [0.25, 0.3) is 0 Å². The molecule has 0 aliphatic rings. The molecule has 0 unspecified atom stereocenters. The van der Waals surface area contributed by atoms with Crippen LogP contribution in [0.1, 0.15) is 28.4 Å². The fourth-order valence-corrected chi connectivity index (χ4v) is 2.83. The maximum absolute atomic E-state index is 6.18.